The highest BCUT2D eigenvalue weighted by Gasteiger charge is 2.49. The lowest BCUT2D eigenvalue weighted by molar-refractivity contribution is -0.131. The van der Waals surface area contributed by atoms with E-state index in [2.05, 4.69) is 22.4 Å². The van der Waals surface area contributed by atoms with Gasteiger partial charge >= 0.3 is 0 Å². The van der Waals surface area contributed by atoms with Gasteiger partial charge in [-0.1, -0.05) is 24.3 Å². The summed E-state index contributed by atoms with van der Waals surface area (Å²) in [6.07, 6.45) is 0. The molecule has 1 amide bonds. The zero-order valence-corrected chi connectivity index (χ0v) is 19.9. The number of benzene rings is 2. The molecule has 3 heterocycles. The maximum Gasteiger partial charge on any atom is 0.239 e. The Labute approximate surface area is 202 Å². The summed E-state index contributed by atoms with van der Waals surface area (Å²) < 4.78 is 0. The molecule has 2 aromatic carbocycles. The number of rotatable bonds is 3. The van der Waals surface area contributed by atoms with Gasteiger partial charge in [-0.3, -0.25) is 20.1 Å². The van der Waals surface area contributed by atoms with E-state index in [4.69, 9.17) is 5.41 Å². The molecule has 0 bridgehead atoms. The van der Waals surface area contributed by atoms with E-state index in [1.165, 1.54) is 4.90 Å². The molecule has 34 heavy (non-hydrogen) atoms. The van der Waals surface area contributed by atoms with Gasteiger partial charge < -0.3 is 5.32 Å². The normalized spacial score (nSPS) is 20.3. The van der Waals surface area contributed by atoms with Gasteiger partial charge in [0.25, 0.3) is 0 Å². The average Bonchev–Trinajstić information content (AvgIpc) is 3.34. The third-order valence-electron chi connectivity index (χ3n) is 6.49. The third-order valence-corrected chi connectivity index (χ3v) is 7.66. The maximum absolute atomic E-state index is 13.6. The van der Waals surface area contributed by atoms with Crippen molar-refractivity contribution in [1.29, 1.82) is 10.7 Å². The van der Waals surface area contributed by atoms with E-state index in [1.807, 2.05) is 67.8 Å². The first kappa shape index (κ1) is 21.8. The van der Waals surface area contributed by atoms with Crippen LogP contribution in [0.5, 0.6) is 0 Å². The summed E-state index contributed by atoms with van der Waals surface area (Å²) >= 11 is 1.55. The predicted molar refractivity (Wildman–Crippen MR) is 135 cm³/mol. The van der Waals surface area contributed by atoms with Gasteiger partial charge in [0.05, 0.1) is 28.6 Å². The van der Waals surface area contributed by atoms with Crippen molar-refractivity contribution in [2.24, 2.45) is 0 Å². The summed E-state index contributed by atoms with van der Waals surface area (Å²) in [6.45, 7) is 3.94. The fraction of sp³-hybridized carbons (Fsp3) is 0.185. The Morgan fingerprint density at radius 3 is 2.76 bits per heavy atom. The van der Waals surface area contributed by atoms with Crippen LogP contribution in [0.2, 0.25) is 0 Å². The molecule has 0 aliphatic carbocycles. The fourth-order valence-electron chi connectivity index (χ4n) is 4.59. The molecular weight excluding hydrogens is 442 g/mol. The minimum absolute atomic E-state index is 0.0725. The van der Waals surface area contributed by atoms with Gasteiger partial charge in [-0.25, -0.2) is 0 Å². The number of aryl methyl sites for hydroxylation is 1. The molecule has 6 nitrogen and oxygen atoms in total. The van der Waals surface area contributed by atoms with Gasteiger partial charge in [-0.2, -0.15) is 5.26 Å². The lowest BCUT2D eigenvalue weighted by Gasteiger charge is -2.45. The van der Waals surface area contributed by atoms with Crippen molar-refractivity contribution < 1.29 is 4.79 Å². The number of nitriles is 1. The topological polar surface area (TPSA) is 92.9 Å². The van der Waals surface area contributed by atoms with Crippen LogP contribution in [0.4, 0.5) is 0 Å². The second-order valence-electron chi connectivity index (χ2n) is 8.80. The summed E-state index contributed by atoms with van der Waals surface area (Å²) in [4.78, 5) is 20.5. The number of carbonyl (C=O) groups excluding carboxylic acids is 1. The molecule has 4 aromatic rings. The Hall–Kier alpha value is -4.02. The molecule has 1 aliphatic rings. The molecular formula is C27H23N5OS. The van der Waals surface area contributed by atoms with E-state index in [0.717, 1.165) is 38.2 Å². The van der Waals surface area contributed by atoms with Crippen LogP contribution in [0.25, 0.3) is 22.0 Å². The smallest absolute Gasteiger partial charge is 0.239 e. The van der Waals surface area contributed by atoms with Crippen molar-refractivity contribution in [3.8, 4) is 17.2 Å². The van der Waals surface area contributed by atoms with Crippen LogP contribution < -0.4 is 5.32 Å². The Kier molecular flexibility index (Phi) is 5.18. The van der Waals surface area contributed by atoms with Crippen molar-refractivity contribution in [2.75, 3.05) is 7.05 Å². The summed E-state index contributed by atoms with van der Waals surface area (Å²) in [5, 5.41) is 24.0. The molecule has 1 aliphatic heterocycles. The van der Waals surface area contributed by atoms with Crippen LogP contribution in [0.1, 0.15) is 34.5 Å². The minimum atomic E-state index is -0.817. The highest BCUT2D eigenvalue weighted by molar-refractivity contribution is 7.10. The molecule has 2 atom stereocenters. The molecule has 1 fully saturated rings. The predicted octanol–water partition coefficient (Wildman–Crippen LogP) is 5.14. The van der Waals surface area contributed by atoms with Gasteiger partial charge in [-0.05, 0) is 72.3 Å². The number of nitrogens with zero attached hydrogens (tertiary/aromatic N) is 3. The van der Waals surface area contributed by atoms with Crippen LogP contribution >= 0.6 is 11.3 Å². The first-order valence-corrected chi connectivity index (χ1v) is 11.8. The largest absolute Gasteiger partial charge is 0.345 e. The number of nitrogens with one attached hydrogen (secondary N) is 2. The molecule has 5 rings (SSSR count). The van der Waals surface area contributed by atoms with E-state index in [1.54, 1.807) is 24.5 Å². The van der Waals surface area contributed by atoms with Crippen molar-refractivity contribution in [3.05, 3.63) is 87.7 Å². The number of guanidine groups is 1. The average molecular weight is 466 g/mol. The van der Waals surface area contributed by atoms with Gasteiger partial charge in [0.15, 0.2) is 5.96 Å². The highest BCUT2D eigenvalue weighted by Crippen LogP contribution is 2.44. The van der Waals surface area contributed by atoms with Crippen molar-refractivity contribution in [3.63, 3.8) is 0 Å². The lowest BCUT2D eigenvalue weighted by Crippen LogP contribution is -2.62. The van der Waals surface area contributed by atoms with Crippen LogP contribution in [0, 0.1) is 23.7 Å². The van der Waals surface area contributed by atoms with E-state index in [9.17, 15) is 10.1 Å². The Bertz CT molecular complexity index is 1500. The van der Waals surface area contributed by atoms with Crippen LogP contribution in [-0.4, -0.2) is 28.8 Å². The summed E-state index contributed by atoms with van der Waals surface area (Å²) in [5.74, 6) is -0.593. The van der Waals surface area contributed by atoms with Gasteiger partial charge in [0, 0.05) is 23.0 Å². The van der Waals surface area contributed by atoms with E-state index in [0.29, 0.717) is 5.56 Å². The molecule has 2 N–H and O–H groups in total. The lowest BCUT2D eigenvalue weighted by atomic mass is 9.76. The number of thiophene rings is 1. The maximum atomic E-state index is 13.6. The number of hydrogen-bond acceptors (Lipinski definition) is 5. The quantitative estimate of drug-likeness (QED) is 0.438. The monoisotopic (exact) mass is 465 g/mol. The number of carbonyl (C=O) groups is 1. The van der Waals surface area contributed by atoms with Crippen LogP contribution in [0.15, 0.2) is 66.0 Å². The molecule has 0 spiro atoms. The number of amides is 1. The van der Waals surface area contributed by atoms with Crippen molar-refractivity contribution in [2.45, 2.75) is 25.3 Å². The van der Waals surface area contributed by atoms with Crippen molar-refractivity contribution >= 4 is 34.1 Å². The zero-order valence-electron chi connectivity index (χ0n) is 19.1. The molecule has 0 saturated carbocycles. The molecule has 7 heteroatoms. The number of pyridine rings is 1. The standard InChI is InChI=1S/C27H23N5OS/c1-16-7-8-19-12-20(9-10-22(19)30-16)24-25(33)32(3)26(29)31-27(24,2)23-13-21(15-34-23)18-6-4-5-17(11-18)14-28/h4-13,15,24H,1-3H3,(H2,29,31)/t24-,27-/m1/s1. The fourth-order valence-corrected chi connectivity index (χ4v) is 5.65. The van der Waals surface area contributed by atoms with Gasteiger partial charge in [-0.15, -0.1) is 11.3 Å². The number of fused-ring (bicyclic) bond motifs is 1. The summed E-state index contributed by atoms with van der Waals surface area (Å²) in [5.41, 5.74) is 4.42. The summed E-state index contributed by atoms with van der Waals surface area (Å²) in [7, 11) is 1.63. The van der Waals surface area contributed by atoms with Crippen LogP contribution in [-0.2, 0) is 10.3 Å². The zero-order chi connectivity index (χ0) is 24.0. The van der Waals surface area contributed by atoms with E-state index >= 15 is 0 Å². The highest BCUT2D eigenvalue weighted by atomic mass is 32.1. The first-order chi connectivity index (χ1) is 16.3. The minimum Gasteiger partial charge on any atom is -0.345 e. The third kappa shape index (κ3) is 3.53. The Balaban J connectivity index is 1.62. The number of aromatic nitrogens is 1. The van der Waals surface area contributed by atoms with Gasteiger partial charge in [0.1, 0.15) is 0 Å². The van der Waals surface area contributed by atoms with E-state index in [-0.39, 0.29) is 11.9 Å². The Morgan fingerprint density at radius 1 is 1.15 bits per heavy atom. The van der Waals surface area contributed by atoms with Crippen LogP contribution in [0.3, 0.4) is 0 Å². The summed E-state index contributed by atoms with van der Waals surface area (Å²) in [6, 6.07) is 21.7. The molecule has 0 radical (unpaired) electrons. The molecule has 2 aromatic heterocycles. The second-order valence-corrected chi connectivity index (χ2v) is 9.71. The SMILES string of the molecule is Cc1ccc2cc([C@@H]3C(=O)N(C)C(=N)N[C@]3(C)c3cc(-c4cccc(C#N)c4)cs3)ccc2n1. The number of hydrogen-bond donors (Lipinski definition) is 2. The van der Waals surface area contributed by atoms with Crippen molar-refractivity contribution in [1.82, 2.24) is 15.2 Å². The second kappa shape index (κ2) is 8.08. The number of likely N-dealkylation sites (N-methyl/N-ethyl adjacent to an activating group) is 1. The Morgan fingerprint density at radius 2 is 1.97 bits per heavy atom. The molecule has 1 saturated heterocycles. The first-order valence-electron chi connectivity index (χ1n) is 10.9. The van der Waals surface area contributed by atoms with Gasteiger partial charge in [0.2, 0.25) is 5.91 Å². The molecule has 168 valence electrons. The van der Waals surface area contributed by atoms with E-state index < -0.39 is 11.5 Å². The molecule has 0 unspecified atom stereocenters.